The number of carbonyl (C=O) groups is 1. The van der Waals surface area contributed by atoms with Crippen molar-refractivity contribution in [1.29, 1.82) is 0 Å². The number of benzene rings is 2. The van der Waals surface area contributed by atoms with Crippen LogP contribution in [0.15, 0.2) is 42.5 Å². The molecule has 0 aromatic heterocycles. The number of aliphatic hydroxyl groups is 1. The molecule has 0 bridgehead atoms. The molecule has 134 valence electrons. The van der Waals surface area contributed by atoms with Gasteiger partial charge in [-0.3, -0.25) is 4.79 Å². The molecule has 0 saturated carbocycles. The van der Waals surface area contributed by atoms with Crippen molar-refractivity contribution in [3.8, 4) is 5.75 Å². The first kappa shape index (κ1) is 18.8. The van der Waals surface area contributed by atoms with Crippen LogP contribution in [0.1, 0.15) is 41.4 Å². The molecule has 5 heteroatoms. The summed E-state index contributed by atoms with van der Waals surface area (Å²) in [6.07, 6.45) is 0. The lowest BCUT2D eigenvalue weighted by atomic mass is 10.0. The van der Waals surface area contributed by atoms with E-state index >= 15 is 0 Å². The zero-order chi connectivity index (χ0) is 18.2. The Kier molecular flexibility index (Phi) is 6.83. The van der Waals surface area contributed by atoms with E-state index in [1.807, 2.05) is 50.2 Å². The van der Waals surface area contributed by atoms with Crippen LogP contribution in [0.5, 0.6) is 5.75 Å². The van der Waals surface area contributed by atoms with Crippen molar-refractivity contribution < 1.29 is 14.6 Å². The number of nitrogens with one attached hydrogen (secondary N) is 2. The summed E-state index contributed by atoms with van der Waals surface area (Å²) in [5, 5.41) is 15.0. The van der Waals surface area contributed by atoms with Gasteiger partial charge >= 0.3 is 0 Å². The molecular weight excluding hydrogens is 316 g/mol. The van der Waals surface area contributed by atoms with Crippen molar-refractivity contribution in [1.82, 2.24) is 5.32 Å². The average molecular weight is 342 g/mol. The number of anilines is 1. The Morgan fingerprint density at radius 2 is 2.00 bits per heavy atom. The standard InChI is InChI=1S/C20H26N2O3/c1-4-25-17-8-5-7-16(13-17)15(3)22-19-10-6-9-18(14(19)2)20(24)21-11-12-23/h5-10,13,15,22-23H,4,11-12H2,1-3H3,(H,21,24). The second kappa shape index (κ2) is 9.08. The zero-order valence-corrected chi connectivity index (χ0v) is 15.0. The summed E-state index contributed by atoms with van der Waals surface area (Å²) in [7, 11) is 0. The molecule has 1 atom stereocenters. The zero-order valence-electron chi connectivity index (χ0n) is 15.0. The normalized spacial score (nSPS) is 11.7. The molecule has 25 heavy (non-hydrogen) atoms. The third-order valence-corrected chi connectivity index (χ3v) is 4.02. The molecule has 0 heterocycles. The Hall–Kier alpha value is -2.53. The second-order valence-corrected chi connectivity index (χ2v) is 5.83. The second-order valence-electron chi connectivity index (χ2n) is 5.83. The molecule has 3 N–H and O–H groups in total. The first-order valence-electron chi connectivity index (χ1n) is 8.54. The van der Waals surface area contributed by atoms with Gasteiger partial charge in [-0.2, -0.15) is 0 Å². The summed E-state index contributed by atoms with van der Waals surface area (Å²) >= 11 is 0. The van der Waals surface area contributed by atoms with Crippen LogP contribution >= 0.6 is 0 Å². The minimum atomic E-state index is -0.179. The van der Waals surface area contributed by atoms with Gasteiger partial charge < -0.3 is 20.5 Å². The van der Waals surface area contributed by atoms with Gasteiger partial charge in [0.2, 0.25) is 0 Å². The van der Waals surface area contributed by atoms with Crippen molar-refractivity contribution in [3.05, 3.63) is 59.2 Å². The van der Waals surface area contributed by atoms with Crippen molar-refractivity contribution >= 4 is 11.6 Å². The number of carbonyl (C=O) groups excluding carboxylic acids is 1. The van der Waals surface area contributed by atoms with Crippen LogP contribution in [-0.2, 0) is 0 Å². The summed E-state index contributed by atoms with van der Waals surface area (Å²) in [4.78, 5) is 12.2. The molecule has 1 amide bonds. The summed E-state index contributed by atoms with van der Waals surface area (Å²) in [6, 6.07) is 13.7. The maximum atomic E-state index is 12.2. The molecule has 1 unspecified atom stereocenters. The lowest BCUT2D eigenvalue weighted by Crippen LogP contribution is -2.27. The number of hydrogen-bond donors (Lipinski definition) is 3. The fourth-order valence-corrected chi connectivity index (χ4v) is 2.66. The molecule has 2 rings (SSSR count). The smallest absolute Gasteiger partial charge is 0.251 e. The molecule has 5 nitrogen and oxygen atoms in total. The van der Waals surface area contributed by atoms with Crippen LogP contribution in [0.25, 0.3) is 0 Å². The van der Waals surface area contributed by atoms with Crippen LogP contribution in [0, 0.1) is 6.92 Å². The lowest BCUT2D eigenvalue weighted by Gasteiger charge is -2.19. The van der Waals surface area contributed by atoms with Gasteiger partial charge in [0.05, 0.1) is 13.2 Å². The topological polar surface area (TPSA) is 70.6 Å². The molecule has 2 aromatic rings. The van der Waals surface area contributed by atoms with E-state index in [0.717, 1.165) is 22.6 Å². The van der Waals surface area contributed by atoms with E-state index in [2.05, 4.69) is 17.6 Å². The quantitative estimate of drug-likeness (QED) is 0.688. The molecule has 2 aromatic carbocycles. The van der Waals surface area contributed by atoms with E-state index in [0.29, 0.717) is 12.2 Å². The molecule has 0 fully saturated rings. The summed E-state index contributed by atoms with van der Waals surface area (Å²) in [5.74, 6) is 0.670. The van der Waals surface area contributed by atoms with Gasteiger partial charge in [0.1, 0.15) is 5.75 Å². The first-order valence-corrected chi connectivity index (χ1v) is 8.54. The summed E-state index contributed by atoms with van der Waals surface area (Å²) in [6.45, 7) is 6.76. The molecule has 0 aliphatic rings. The van der Waals surface area contributed by atoms with Gasteiger partial charge in [0.15, 0.2) is 0 Å². The molecule has 0 saturated heterocycles. The molecule has 0 aliphatic heterocycles. The SMILES string of the molecule is CCOc1cccc(C(C)Nc2cccc(C(=O)NCCO)c2C)c1. The Bertz CT molecular complexity index is 716. The van der Waals surface area contributed by atoms with E-state index in [9.17, 15) is 4.79 Å². The highest BCUT2D eigenvalue weighted by Gasteiger charge is 2.13. The van der Waals surface area contributed by atoms with E-state index < -0.39 is 0 Å². The van der Waals surface area contributed by atoms with Crippen molar-refractivity contribution in [2.75, 3.05) is 25.1 Å². The van der Waals surface area contributed by atoms with E-state index in [-0.39, 0.29) is 25.1 Å². The number of ether oxygens (including phenoxy) is 1. The molecule has 0 radical (unpaired) electrons. The molecular formula is C20H26N2O3. The molecule has 0 spiro atoms. The van der Waals surface area contributed by atoms with E-state index in [1.54, 1.807) is 6.07 Å². The van der Waals surface area contributed by atoms with Crippen molar-refractivity contribution in [2.45, 2.75) is 26.8 Å². The fraction of sp³-hybridized carbons (Fsp3) is 0.350. The Morgan fingerprint density at radius 1 is 1.24 bits per heavy atom. The highest BCUT2D eigenvalue weighted by molar-refractivity contribution is 5.97. The van der Waals surface area contributed by atoms with Gasteiger partial charge in [0.25, 0.3) is 5.91 Å². The minimum absolute atomic E-state index is 0.0647. The first-order chi connectivity index (χ1) is 12.1. The monoisotopic (exact) mass is 342 g/mol. The third-order valence-electron chi connectivity index (χ3n) is 4.02. The highest BCUT2D eigenvalue weighted by atomic mass is 16.5. The summed E-state index contributed by atoms with van der Waals surface area (Å²) in [5.41, 5.74) is 3.51. The van der Waals surface area contributed by atoms with E-state index in [1.165, 1.54) is 0 Å². The van der Waals surface area contributed by atoms with Crippen molar-refractivity contribution in [2.24, 2.45) is 0 Å². The van der Waals surface area contributed by atoms with Gasteiger partial charge in [-0.15, -0.1) is 0 Å². The average Bonchev–Trinajstić information content (AvgIpc) is 2.62. The Balaban J connectivity index is 2.16. The predicted molar refractivity (Wildman–Crippen MR) is 100 cm³/mol. The van der Waals surface area contributed by atoms with Crippen LogP contribution in [0.3, 0.4) is 0 Å². The van der Waals surface area contributed by atoms with Gasteiger partial charge in [0, 0.05) is 23.8 Å². The fourth-order valence-electron chi connectivity index (χ4n) is 2.66. The van der Waals surface area contributed by atoms with Gasteiger partial charge in [-0.25, -0.2) is 0 Å². The predicted octanol–water partition coefficient (Wildman–Crippen LogP) is 3.29. The van der Waals surface area contributed by atoms with Gasteiger partial charge in [-0.1, -0.05) is 18.2 Å². The largest absolute Gasteiger partial charge is 0.494 e. The Morgan fingerprint density at radius 3 is 2.72 bits per heavy atom. The number of hydrogen-bond acceptors (Lipinski definition) is 4. The maximum Gasteiger partial charge on any atom is 0.251 e. The third kappa shape index (κ3) is 4.97. The lowest BCUT2D eigenvalue weighted by molar-refractivity contribution is 0.0944. The number of rotatable bonds is 8. The molecule has 0 aliphatic carbocycles. The Labute approximate surface area is 149 Å². The maximum absolute atomic E-state index is 12.2. The van der Waals surface area contributed by atoms with Crippen LogP contribution in [-0.4, -0.2) is 30.8 Å². The van der Waals surface area contributed by atoms with Crippen LogP contribution in [0.4, 0.5) is 5.69 Å². The van der Waals surface area contributed by atoms with Crippen LogP contribution in [0.2, 0.25) is 0 Å². The summed E-state index contributed by atoms with van der Waals surface area (Å²) < 4.78 is 5.56. The van der Waals surface area contributed by atoms with Crippen LogP contribution < -0.4 is 15.4 Å². The van der Waals surface area contributed by atoms with Crippen molar-refractivity contribution in [3.63, 3.8) is 0 Å². The minimum Gasteiger partial charge on any atom is -0.494 e. The van der Waals surface area contributed by atoms with E-state index in [4.69, 9.17) is 9.84 Å². The highest BCUT2D eigenvalue weighted by Crippen LogP contribution is 2.26. The number of amides is 1. The number of aliphatic hydroxyl groups excluding tert-OH is 1. The van der Waals surface area contributed by atoms with Gasteiger partial charge in [-0.05, 0) is 56.2 Å².